The van der Waals surface area contributed by atoms with Gasteiger partial charge < -0.3 is 0 Å². The lowest BCUT2D eigenvalue weighted by molar-refractivity contribution is -0.159. The van der Waals surface area contributed by atoms with Crippen LogP contribution >= 0.6 is 0 Å². The third-order valence-electron chi connectivity index (χ3n) is 4.89. The average Bonchev–Trinajstić information content (AvgIpc) is 2.85. The number of nitrogens with zero attached hydrogens (tertiary/aromatic N) is 2. The summed E-state index contributed by atoms with van der Waals surface area (Å²) in [5.74, 6) is -0.144. The maximum Gasteiger partial charge on any atom is 0.233 e. The number of carbonyl (C=O) groups excluding carboxylic acids is 2. The van der Waals surface area contributed by atoms with Crippen LogP contribution in [-0.2, 0) is 9.59 Å². The molecule has 1 heterocycles. The lowest BCUT2D eigenvalue weighted by Gasteiger charge is -2.43. The highest BCUT2D eigenvalue weighted by Gasteiger charge is 2.53. The molecule has 3 fully saturated rings. The first-order valence-corrected chi connectivity index (χ1v) is 6.97. The maximum absolute atomic E-state index is 12.4. The predicted molar refractivity (Wildman–Crippen MR) is 64.1 cm³/mol. The second-order valence-electron chi connectivity index (χ2n) is 5.92. The van der Waals surface area contributed by atoms with Gasteiger partial charge in [0.2, 0.25) is 11.8 Å². The van der Waals surface area contributed by atoms with Crippen molar-refractivity contribution in [3.63, 3.8) is 0 Å². The molecule has 2 saturated carbocycles. The van der Waals surface area contributed by atoms with Gasteiger partial charge in [-0.25, -0.2) is 0 Å². The lowest BCUT2D eigenvalue weighted by Crippen LogP contribution is -2.59. The van der Waals surface area contributed by atoms with Crippen LogP contribution < -0.4 is 0 Å². The molecular formula is C14H18N2O2. The second kappa shape index (κ2) is 4.08. The number of rotatable bonds is 1. The summed E-state index contributed by atoms with van der Waals surface area (Å²) < 4.78 is 0. The number of nitriles is 1. The number of hydrogen-bond donors (Lipinski definition) is 0. The zero-order chi connectivity index (χ0) is 12.8. The third-order valence-corrected chi connectivity index (χ3v) is 4.89. The smallest absolute Gasteiger partial charge is 0.233 e. The van der Waals surface area contributed by atoms with E-state index in [1.807, 2.05) is 0 Å². The Hall–Kier alpha value is -1.37. The molecule has 0 radical (unpaired) electrons. The summed E-state index contributed by atoms with van der Waals surface area (Å²) >= 11 is 0. The first-order chi connectivity index (χ1) is 8.68. The van der Waals surface area contributed by atoms with Gasteiger partial charge in [-0.1, -0.05) is 19.3 Å². The van der Waals surface area contributed by atoms with Crippen LogP contribution in [-0.4, -0.2) is 22.3 Å². The second-order valence-corrected chi connectivity index (χ2v) is 5.92. The summed E-state index contributed by atoms with van der Waals surface area (Å²) in [6.45, 7) is 0. The Morgan fingerprint density at radius 3 is 2.11 bits per heavy atom. The Balaban J connectivity index is 1.96. The van der Waals surface area contributed by atoms with Gasteiger partial charge in [-0.05, 0) is 32.1 Å². The lowest BCUT2D eigenvalue weighted by atomic mass is 9.79. The van der Waals surface area contributed by atoms with E-state index >= 15 is 0 Å². The summed E-state index contributed by atoms with van der Waals surface area (Å²) in [6.07, 6.45) is 6.70. The highest BCUT2D eigenvalue weighted by Crippen LogP contribution is 2.44. The number of fused-ring (bicyclic) bond motifs is 2. The molecule has 2 amide bonds. The molecule has 0 aromatic heterocycles. The van der Waals surface area contributed by atoms with Crippen LogP contribution in [0.3, 0.4) is 0 Å². The van der Waals surface area contributed by atoms with Gasteiger partial charge in [-0.2, -0.15) is 5.26 Å². The van der Waals surface area contributed by atoms with Crippen LogP contribution in [0, 0.1) is 23.2 Å². The number of carbonyl (C=O) groups is 2. The van der Waals surface area contributed by atoms with E-state index in [0.29, 0.717) is 12.8 Å². The van der Waals surface area contributed by atoms with Crippen molar-refractivity contribution in [3.05, 3.63) is 0 Å². The highest BCUT2D eigenvalue weighted by atomic mass is 16.2. The largest absolute Gasteiger partial charge is 0.274 e. The molecule has 4 nitrogen and oxygen atoms in total. The van der Waals surface area contributed by atoms with E-state index in [9.17, 15) is 14.9 Å². The van der Waals surface area contributed by atoms with E-state index in [2.05, 4.69) is 6.07 Å². The summed E-state index contributed by atoms with van der Waals surface area (Å²) in [5, 5.41) is 9.53. The molecule has 3 rings (SSSR count). The van der Waals surface area contributed by atoms with Gasteiger partial charge in [0, 0.05) is 11.8 Å². The number of hydrogen-bond acceptors (Lipinski definition) is 3. The van der Waals surface area contributed by atoms with Crippen LogP contribution in [0.1, 0.15) is 51.4 Å². The topological polar surface area (TPSA) is 61.2 Å². The number of piperidine rings is 1. The molecule has 1 aliphatic heterocycles. The van der Waals surface area contributed by atoms with Crippen molar-refractivity contribution in [2.24, 2.45) is 11.8 Å². The van der Waals surface area contributed by atoms with E-state index in [0.717, 1.165) is 38.5 Å². The zero-order valence-electron chi connectivity index (χ0n) is 10.5. The molecule has 0 N–H and O–H groups in total. The SMILES string of the molecule is N#CC1(N2C(=O)C3CCC(C3)C2=O)CCCCC1. The molecule has 2 atom stereocenters. The van der Waals surface area contributed by atoms with E-state index < -0.39 is 5.54 Å². The summed E-state index contributed by atoms with van der Waals surface area (Å²) in [7, 11) is 0. The first-order valence-electron chi connectivity index (χ1n) is 6.97. The van der Waals surface area contributed by atoms with Gasteiger partial charge in [0.1, 0.15) is 5.54 Å². The van der Waals surface area contributed by atoms with Crippen molar-refractivity contribution >= 4 is 11.8 Å². The van der Waals surface area contributed by atoms with Crippen molar-refractivity contribution in [2.45, 2.75) is 56.9 Å². The minimum absolute atomic E-state index is 0.000137. The standard InChI is InChI=1S/C14H18N2O2/c15-9-14(6-2-1-3-7-14)16-12(17)10-4-5-11(8-10)13(16)18/h10-11H,1-8H2. The van der Waals surface area contributed by atoms with E-state index in [1.54, 1.807) is 0 Å². The Kier molecular flexibility index (Phi) is 2.65. The van der Waals surface area contributed by atoms with Gasteiger partial charge in [0.05, 0.1) is 6.07 Å². The van der Waals surface area contributed by atoms with Gasteiger partial charge in [0.15, 0.2) is 0 Å². The fraction of sp³-hybridized carbons (Fsp3) is 0.786. The molecule has 0 aromatic carbocycles. The van der Waals surface area contributed by atoms with E-state index in [4.69, 9.17) is 0 Å². The summed E-state index contributed by atoms with van der Waals surface area (Å²) in [6, 6.07) is 2.30. The maximum atomic E-state index is 12.4. The van der Waals surface area contributed by atoms with Crippen LogP contribution in [0.2, 0.25) is 0 Å². The monoisotopic (exact) mass is 246 g/mol. The fourth-order valence-electron chi connectivity index (χ4n) is 3.85. The Bertz CT molecular complexity index is 410. The molecule has 2 unspecified atom stereocenters. The minimum atomic E-state index is -0.826. The van der Waals surface area contributed by atoms with Crippen LogP contribution in [0.15, 0.2) is 0 Å². The van der Waals surface area contributed by atoms with Crippen molar-refractivity contribution in [2.75, 3.05) is 0 Å². The highest BCUT2D eigenvalue weighted by molar-refractivity contribution is 6.02. The summed E-state index contributed by atoms with van der Waals surface area (Å²) in [4.78, 5) is 26.2. The van der Waals surface area contributed by atoms with E-state index in [1.165, 1.54) is 4.90 Å². The van der Waals surface area contributed by atoms with Gasteiger partial charge in [0.25, 0.3) is 0 Å². The van der Waals surface area contributed by atoms with Gasteiger partial charge >= 0.3 is 0 Å². The third kappa shape index (κ3) is 1.50. The molecule has 2 aliphatic carbocycles. The molecule has 3 aliphatic rings. The molecule has 4 heteroatoms. The minimum Gasteiger partial charge on any atom is -0.274 e. The Morgan fingerprint density at radius 1 is 1.06 bits per heavy atom. The molecule has 1 saturated heterocycles. The average molecular weight is 246 g/mol. The first kappa shape index (κ1) is 11.7. The molecule has 18 heavy (non-hydrogen) atoms. The zero-order valence-corrected chi connectivity index (χ0v) is 10.5. The number of likely N-dealkylation sites (tertiary alicyclic amines) is 1. The van der Waals surface area contributed by atoms with Crippen molar-refractivity contribution in [3.8, 4) is 6.07 Å². The molecule has 96 valence electrons. The van der Waals surface area contributed by atoms with Crippen LogP contribution in [0.5, 0.6) is 0 Å². The summed E-state index contributed by atoms with van der Waals surface area (Å²) in [5.41, 5.74) is -0.826. The Labute approximate surface area is 107 Å². The number of imide groups is 1. The van der Waals surface area contributed by atoms with Crippen molar-refractivity contribution in [1.82, 2.24) is 4.90 Å². The Morgan fingerprint density at radius 2 is 1.61 bits per heavy atom. The van der Waals surface area contributed by atoms with Crippen LogP contribution in [0.4, 0.5) is 0 Å². The molecule has 2 bridgehead atoms. The van der Waals surface area contributed by atoms with Crippen molar-refractivity contribution < 1.29 is 9.59 Å². The number of amides is 2. The quantitative estimate of drug-likeness (QED) is 0.665. The molecule has 0 aromatic rings. The molecule has 0 spiro atoms. The van der Waals surface area contributed by atoms with Gasteiger partial charge in [-0.3, -0.25) is 14.5 Å². The van der Waals surface area contributed by atoms with E-state index in [-0.39, 0.29) is 23.7 Å². The van der Waals surface area contributed by atoms with Crippen LogP contribution in [0.25, 0.3) is 0 Å². The molecular weight excluding hydrogens is 228 g/mol. The normalized spacial score (nSPS) is 34.5. The van der Waals surface area contributed by atoms with Crippen molar-refractivity contribution in [1.29, 1.82) is 5.26 Å². The fourth-order valence-corrected chi connectivity index (χ4v) is 3.85. The predicted octanol–water partition coefficient (Wildman–Crippen LogP) is 2.00. The van der Waals surface area contributed by atoms with Gasteiger partial charge in [-0.15, -0.1) is 0 Å².